The third-order valence-corrected chi connectivity index (χ3v) is 3.37. The Labute approximate surface area is 115 Å². The second kappa shape index (κ2) is 5.81. The molecule has 0 bridgehead atoms. The molecule has 0 atom stereocenters. The molecule has 0 radical (unpaired) electrons. The number of aromatic nitrogens is 3. The van der Waals surface area contributed by atoms with E-state index in [-0.39, 0.29) is 0 Å². The van der Waals surface area contributed by atoms with Crippen molar-refractivity contribution in [3.05, 3.63) is 21.9 Å². The zero-order valence-electron chi connectivity index (χ0n) is 11.1. The zero-order valence-corrected chi connectivity index (χ0v) is 12.0. The van der Waals surface area contributed by atoms with Gasteiger partial charge in [0.25, 0.3) is 0 Å². The van der Waals surface area contributed by atoms with E-state index >= 15 is 0 Å². The molecule has 102 valence electrons. The van der Waals surface area contributed by atoms with Gasteiger partial charge in [0.1, 0.15) is 0 Å². The second-order valence-corrected chi connectivity index (χ2v) is 5.56. The van der Waals surface area contributed by atoms with Crippen molar-refractivity contribution >= 4 is 29.2 Å². The van der Waals surface area contributed by atoms with Crippen LogP contribution in [0, 0.1) is 6.92 Å². The van der Waals surface area contributed by atoms with E-state index in [1.165, 1.54) is 9.75 Å². The van der Waals surface area contributed by atoms with Crippen LogP contribution in [0.3, 0.4) is 0 Å². The van der Waals surface area contributed by atoms with E-state index in [0.717, 1.165) is 0 Å². The third-order valence-electron chi connectivity index (χ3n) is 2.37. The van der Waals surface area contributed by atoms with E-state index < -0.39 is 0 Å². The predicted octanol–water partition coefficient (Wildman–Crippen LogP) is 1.21. The molecule has 2 aromatic rings. The lowest BCUT2D eigenvalue weighted by atomic mass is 10.4. The molecule has 2 heterocycles. The Morgan fingerprint density at radius 1 is 1.21 bits per heavy atom. The van der Waals surface area contributed by atoms with Crippen LogP contribution in [-0.4, -0.2) is 29.0 Å². The van der Waals surface area contributed by atoms with Gasteiger partial charge in [-0.25, -0.2) is 5.84 Å². The Balaban J connectivity index is 2.12. The molecule has 19 heavy (non-hydrogen) atoms. The first kappa shape index (κ1) is 13.5. The Morgan fingerprint density at radius 3 is 2.53 bits per heavy atom. The SMILES string of the molecule is Cc1ccc(CNc2nc(NN)nc(N(C)C)n2)s1. The summed E-state index contributed by atoms with van der Waals surface area (Å²) in [5.74, 6) is 6.73. The predicted molar refractivity (Wildman–Crippen MR) is 78.3 cm³/mol. The lowest BCUT2D eigenvalue weighted by Gasteiger charge is -2.12. The van der Waals surface area contributed by atoms with Crippen LogP contribution in [0.1, 0.15) is 9.75 Å². The van der Waals surface area contributed by atoms with Crippen molar-refractivity contribution in [3.8, 4) is 0 Å². The number of hydrogen-bond acceptors (Lipinski definition) is 8. The van der Waals surface area contributed by atoms with E-state index in [0.29, 0.717) is 24.4 Å². The molecule has 0 aliphatic heterocycles. The van der Waals surface area contributed by atoms with Crippen LogP contribution in [-0.2, 0) is 6.54 Å². The molecule has 0 saturated carbocycles. The number of nitrogens with one attached hydrogen (secondary N) is 2. The molecular weight excluding hydrogens is 262 g/mol. The lowest BCUT2D eigenvalue weighted by Crippen LogP contribution is -2.18. The number of nitrogens with zero attached hydrogens (tertiary/aromatic N) is 4. The van der Waals surface area contributed by atoms with Crippen molar-refractivity contribution in [3.63, 3.8) is 0 Å². The fourth-order valence-corrected chi connectivity index (χ4v) is 2.28. The maximum absolute atomic E-state index is 5.35. The number of nitrogen functional groups attached to an aromatic ring is 1. The summed E-state index contributed by atoms with van der Waals surface area (Å²) in [6.07, 6.45) is 0. The Kier molecular flexibility index (Phi) is 4.13. The van der Waals surface area contributed by atoms with Gasteiger partial charge >= 0.3 is 0 Å². The van der Waals surface area contributed by atoms with Gasteiger partial charge in [-0.05, 0) is 19.1 Å². The molecule has 0 unspecified atom stereocenters. The summed E-state index contributed by atoms with van der Waals surface area (Å²) in [6.45, 7) is 2.76. The molecule has 0 aromatic carbocycles. The normalized spacial score (nSPS) is 10.3. The molecule has 8 heteroatoms. The fraction of sp³-hybridized carbons (Fsp3) is 0.364. The third kappa shape index (κ3) is 3.52. The minimum Gasteiger partial charge on any atom is -0.349 e. The maximum Gasteiger partial charge on any atom is 0.243 e. The summed E-state index contributed by atoms with van der Waals surface area (Å²) in [6, 6.07) is 4.18. The highest BCUT2D eigenvalue weighted by Gasteiger charge is 2.07. The van der Waals surface area contributed by atoms with Gasteiger partial charge in [0.2, 0.25) is 17.8 Å². The number of anilines is 3. The van der Waals surface area contributed by atoms with E-state index in [2.05, 4.69) is 44.8 Å². The van der Waals surface area contributed by atoms with Crippen molar-refractivity contribution in [2.75, 3.05) is 29.7 Å². The molecule has 0 spiro atoms. The number of hydrazine groups is 1. The van der Waals surface area contributed by atoms with Crippen molar-refractivity contribution in [1.82, 2.24) is 15.0 Å². The van der Waals surface area contributed by atoms with Crippen molar-refractivity contribution in [2.45, 2.75) is 13.5 Å². The Hall–Kier alpha value is -1.93. The lowest BCUT2D eigenvalue weighted by molar-refractivity contribution is 0.941. The highest BCUT2D eigenvalue weighted by atomic mass is 32.1. The summed E-state index contributed by atoms with van der Waals surface area (Å²) in [4.78, 5) is 16.9. The number of aryl methyl sites for hydroxylation is 1. The molecule has 0 aliphatic rings. The minimum absolute atomic E-state index is 0.337. The van der Waals surface area contributed by atoms with Crippen LogP contribution < -0.4 is 21.5 Å². The summed E-state index contributed by atoms with van der Waals surface area (Å²) in [5, 5.41) is 3.17. The van der Waals surface area contributed by atoms with Gasteiger partial charge in [-0.15, -0.1) is 11.3 Å². The van der Waals surface area contributed by atoms with Crippen LogP contribution in [0.2, 0.25) is 0 Å². The minimum atomic E-state index is 0.337. The van der Waals surface area contributed by atoms with Crippen molar-refractivity contribution in [1.29, 1.82) is 0 Å². The fourth-order valence-electron chi connectivity index (χ4n) is 1.45. The van der Waals surface area contributed by atoms with Gasteiger partial charge < -0.3 is 10.2 Å². The van der Waals surface area contributed by atoms with Crippen LogP contribution in [0.25, 0.3) is 0 Å². The first-order valence-corrected chi connectivity index (χ1v) is 6.59. The smallest absolute Gasteiger partial charge is 0.243 e. The quantitative estimate of drug-likeness (QED) is 0.559. The van der Waals surface area contributed by atoms with Crippen LogP contribution in [0.15, 0.2) is 12.1 Å². The van der Waals surface area contributed by atoms with Crippen LogP contribution in [0.5, 0.6) is 0 Å². The van der Waals surface area contributed by atoms with E-state index in [1.807, 2.05) is 14.1 Å². The summed E-state index contributed by atoms with van der Waals surface area (Å²) in [7, 11) is 3.73. The monoisotopic (exact) mass is 279 g/mol. The molecule has 2 rings (SSSR count). The van der Waals surface area contributed by atoms with Crippen LogP contribution in [0.4, 0.5) is 17.8 Å². The number of rotatable bonds is 5. The van der Waals surface area contributed by atoms with Crippen molar-refractivity contribution in [2.24, 2.45) is 5.84 Å². The van der Waals surface area contributed by atoms with Gasteiger partial charge in [-0.1, -0.05) is 0 Å². The average molecular weight is 279 g/mol. The van der Waals surface area contributed by atoms with Gasteiger partial charge in [0.15, 0.2) is 0 Å². The Morgan fingerprint density at radius 2 is 1.95 bits per heavy atom. The molecule has 0 saturated heterocycles. The van der Waals surface area contributed by atoms with Gasteiger partial charge in [-0.3, -0.25) is 5.43 Å². The maximum atomic E-state index is 5.35. The van der Waals surface area contributed by atoms with Crippen molar-refractivity contribution < 1.29 is 0 Å². The van der Waals surface area contributed by atoms with E-state index in [1.54, 1.807) is 16.2 Å². The van der Waals surface area contributed by atoms with Gasteiger partial charge in [0, 0.05) is 23.8 Å². The molecule has 4 N–H and O–H groups in total. The Bertz CT molecular complexity index is 552. The molecule has 0 aliphatic carbocycles. The molecular formula is C11H17N7S. The topological polar surface area (TPSA) is 92.0 Å². The van der Waals surface area contributed by atoms with Gasteiger partial charge in [-0.2, -0.15) is 15.0 Å². The molecule has 0 amide bonds. The average Bonchev–Trinajstić information content (AvgIpc) is 2.81. The first-order chi connectivity index (χ1) is 9.08. The second-order valence-electron chi connectivity index (χ2n) is 4.19. The largest absolute Gasteiger partial charge is 0.349 e. The standard InChI is InChI=1S/C11H17N7S/c1-7-4-5-8(19-7)6-13-9-14-10(17-12)16-11(15-9)18(2)3/h4-5H,6,12H2,1-3H3,(H2,13,14,15,16,17). The van der Waals surface area contributed by atoms with E-state index in [4.69, 9.17) is 5.84 Å². The molecule has 2 aromatic heterocycles. The highest BCUT2D eigenvalue weighted by molar-refractivity contribution is 7.11. The zero-order chi connectivity index (χ0) is 13.8. The van der Waals surface area contributed by atoms with E-state index in [9.17, 15) is 0 Å². The highest BCUT2D eigenvalue weighted by Crippen LogP contribution is 2.17. The number of thiophene rings is 1. The number of hydrogen-bond donors (Lipinski definition) is 3. The molecule has 7 nitrogen and oxygen atoms in total. The van der Waals surface area contributed by atoms with Gasteiger partial charge in [0.05, 0.1) is 6.54 Å². The number of nitrogens with two attached hydrogens (primary N) is 1. The van der Waals surface area contributed by atoms with Crippen LogP contribution >= 0.6 is 11.3 Å². The summed E-state index contributed by atoms with van der Waals surface area (Å²) >= 11 is 1.74. The summed E-state index contributed by atoms with van der Waals surface area (Å²) in [5.41, 5.74) is 2.44. The molecule has 0 fully saturated rings. The summed E-state index contributed by atoms with van der Waals surface area (Å²) < 4.78 is 0. The first-order valence-electron chi connectivity index (χ1n) is 5.77.